The molecular weight excluding hydrogens is 252 g/mol. The molecule has 1 saturated carbocycles. The second-order valence-electron chi connectivity index (χ2n) is 5.15. The van der Waals surface area contributed by atoms with Gasteiger partial charge in [0.1, 0.15) is 11.8 Å². The van der Waals surface area contributed by atoms with Gasteiger partial charge in [0.2, 0.25) is 5.91 Å². The minimum Gasteiger partial charge on any atom is -0.496 e. The number of nitrogens with one attached hydrogen (secondary N) is 1. The van der Waals surface area contributed by atoms with Gasteiger partial charge in [0.25, 0.3) is 0 Å². The number of methoxy groups -OCH3 is 1. The summed E-state index contributed by atoms with van der Waals surface area (Å²) in [7, 11) is 1.57. The molecule has 2 rings (SSSR count). The number of benzene rings is 1. The highest BCUT2D eigenvalue weighted by Gasteiger charge is 2.25. The Kier molecular flexibility index (Phi) is 5.00. The lowest BCUT2D eigenvalue weighted by molar-refractivity contribution is -0.126. The highest BCUT2D eigenvalue weighted by molar-refractivity contribution is 5.79. The third kappa shape index (κ3) is 3.30. The Balaban J connectivity index is 2.09. The van der Waals surface area contributed by atoms with Crippen molar-refractivity contribution in [3.63, 3.8) is 0 Å². The van der Waals surface area contributed by atoms with Gasteiger partial charge in [-0.1, -0.05) is 37.5 Å². The summed E-state index contributed by atoms with van der Waals surface area (Å²) in [5, 5.41) is 12.2. The molecule has 0 aromatic heterocycles. The molecule has 1 atom stereocenters. The number of carbonyl (C=O) groups excluding carboxylic acids is 1. The molecule has 1 amide bonds. The zero-order chi connectivity index (χ0) is 14.4. The Morgan fingerprint density at radius 3 is 2.70 bits per heavy atom. The molecule has 1 aromatic carbocycles. The van der Waals surface area contributed by atoms with E-state index in [1.165, 1.54) is 6.42 Å². The molecule has 0 spiro atoms. The molecular formula is C16H20N2O2. The molecule has 4 nitrogen and oxygen atoms in total. The molecule has 0 unspecified atom stereocenters. The van der Waals surface area contributed by atoms with Crippen molar-refractivity contribution in [2.24, 2.45) is 5.92 Å². The summed E-state index contributed by atoms with van der Waals surface area (Å²) in [6.45, 7) is 0. The van der Waals surface area contributed by atoms with E-state index in [4.69, 9.17) is 4.74 Å². The topological polar surface area (TPSA) is 62.1 Å². The molecule has 0 bridgehead atoms. The average Bonchev–Trinajstić information content (AvgIpc) is 2.53. The zero-order valence-corrected chi connectivity index (χ0v) is 11.8. The fourth-order valence-electron chi connectivity index (χ4n) is 2.71. The van der Waals surface area contributed by atoms with Crippen molar-refractivity contribution < 1.29 is 9.53 Å². The van der Waals surface area contributed by atoms with Crippen LogP contribution < -0.4 is 10.1 Å². The Morgan fingerprint density at radius 1 is 1.35 bits per heavy atom. The number of nitriles is 1. The molecule has 0 aliphatic heterocycles. The minimum absolute atomic E-state index is 0.0119. The molecule has 0 heterocycles. The molecule has 1 N–H and O–H groups in total. The zero-order valence-electron chi connectivity index (χ0n) is 11.8. The Bertz CT molecular complexity index is 501. The van der Waals surface area contributed by atoms with Gasteiger partial charge < -0.3 is 10.1 Å². The summed E-state index contributed by atoms with van der Waals surface area (Å²) >= 11 is 0. The number of hydrogen-bond acceptors (Lipinski definition) is 3. The van der Waals surface area contributed by atoms with Gasteiger partial charge in [-0.05, 0) is 18.9 Å². The number of ether oxygens (including phenoxy) is 1. The van der Waals surface area contributed by atoms with E-state index in [0.29, 0.717) is 11.3 Å². The smallest absolute Gasteiger partial charge is 0.224 e. The van der Waals surface area contributed by atoms with E-state index >= 15 is 0 Å². The number of nitrogens with zero attached hydrogens (tertiary/aromatic N) is 1. The van der Waals surface area contributed by atoms with Crippen LogP contribution in [0.4, 0.5) is 0 Å². The molecule has 1 fully saturated rings. The summed E-state index contributed by atoms with van der Waals surface area (Å²) in [4.78, 5) is 12.2. The molecule has 4 heteroatoms. The number of carbonyl (C=O) groups is 1. The van der Waals surface area contributed by atoms with Crippen molar-refractivity contribution >= 4 is 5.91 Å². The Labute approximate surface area is 119 Å². The molecule has 1 aliphatic rings. The van der Waals surface area contributed by atoms with Crippen LogP contribution in [0.5, 0.6) is 5.75 Å². The molecule has 0 saturated heterocycles. The van der Waals surface area contributed by atoms with E-state index < -0.39 is 6.04 Å². The summed E-state index contributed by atoms with van der Waals surface area (Å²) in [6.07, 6.45) is 5.26. The van der Waals surface area contributed by atoms with Crippen molar-refractivity contribution in [3.8, 4) is 11.8 Å². The van der Waals surface area contributed by atoms with Gasteiger partial charge in [0, 0.05) is 11.5 Å². The van der Waals surface area contributed by atoms with Crippen LogP contribution in [0.1, 0.15) is 43.7 Å². The number of rotatable bonds is 4. The fourth-order valence-corrected chi connectivity index (χ4v) is 2.71. The van der Waals surface area contributed by atoms with Crippen LogP contribution in [0.2, 0.25) is 0 Å². The maximum atomic E-state index is 12.2. The van der Waals surface area contributed by atoms with E-state index in [0.717, 1.165) is 25.7 Å². The van der Waals surface area contributed by atoms with Crippen LogP contribution in [-0.4, -0.2) is 13.0 Å². The van der Waals surface area contributed by atoms with E-state index in [9.17, 15) is 10.1 Å². The van der Waals surface area contributed by atoms with Gasteiger partial charge in [-0.15, -0.1) is 0 Å². The first-order chi connectivity index (χ1) is 9.76. The number of amides is 1. The van der Waals surface area contributed by atoms with Gasteiger partial charge >= 0.3 is 0 Å². The molecule has 1 aromatic rings. The summed E-state index contributed by atoms with van der Waals surface area (Å²) in [5.74, 6) is 0.666. The monoisotopic (exact) mass is 272 g/mol. The van der Waals surface area contributed by atoms with Crippen molar-refractivity contribution in [1.82, 2.24) is 5.32 Å². The molecule has 106 valence electrons. The quantitative estimate of drug-likeness (QED) is 0.916. The van der Waals surface area contributed by atoms with Crippen molar-refractivity contribution in [1.29, 1.82) is 5.26 Å². The van der Waals surface area contributed by atoms with Gasteiger partial charge in [-0.3, -0.25) is 4.79 Å². The number of para-hydroxylation sites is 1. The predicted molar refractivity (Wildman–Crippen MR) is 76.1 cm³/mol. The van der Waals surface area contributed by atoms with Gasteiger partial charge in [0.15, 0.2) is 0 Å². The van der Waals surface area contributed by atoms with Gasteiger partial charge in [0.05, 0.1) is 13.2 Å². The first kappa shape index (κ1) is 14.4. The number of hydrogen-bond donors (Lipinski definition) is 1. The second-order valence-corrected chi connectivity index (χ2v) is 5.15. The Morgan fingerprint density at radius 2 is 2.05 bits per heavy atom. The van der Waals surface area contributed by atoms with E-state index in [1.54, 1.807) is 13.2 Å². The first-order valence-electron chi connectivity index (χ1n) is 7.09. The highest BCUT2D eigenvalue weighted by Crippen LogP contribution is 2.27. The SMILES string of the molecule is COc1ccccc1[C@H](C#N)NC(=O)C1CCCCC1. The lowest BCUT2D eigenvalue weighted by atomic mass is 9.88. The minimum atomic E-state index is -0.652. The maximum absolute atomic E-state index is 12.2. The van der Waals surface area contributed by atoms with Crippen molar-refractivity contribution in [2.45, 2.75) is 38.1 Å². The normalized spacial score (nSPS) is 17.0. The first-order valence-corrected chi connectivity index (χ1v) is 7.09. The van der Waals surface area contributed by atoms with Crippen LogP contribution in [0.3, 0.4) is 0 Å². The second kappa shape index (κ2) is 6.95. The van der Waals surface area contributed by atoms with Crippen LogP contribution in [0, 0.1) is 17.2 Å². The lowest BCUT2D eigenvalue weighted by Crippen LogP contribution is -2.34. The maximum Gasteiger partial charge on any atom is 0.224 e. The van der Waals surface area contributed by atoms with E-state index in [2.05, 4.69) is 11.4 Å². The van der Waals surface area contributed by atoms with Crippen LogP contribution >= 0.6 is 0 Å². The van der Waals surface area contributed by atoms with Gasteiger partial charge in [-0.25, -0.2) is 0 Å². The van der Waals surface area contributed by atoms with Crippen molar-refractivity contribution in [3.05, 3.63) is 29.8 Å². The van der Waals surface area contributed by atoms with Crippen LogP contribution in [0.25, 0.3) is 0 Å². The third-order valence-corrected chi connectivity index (χ3v) is 3.84. The molecule has 1 aliphatic carbocycles. The van der Waals surface area contributed by atoms with Crippen LogP contribution in [-0.2, 0) is 4.79 Å². The van der Waals surface area contributed by atoms with Crippen LogP contribution in [0.15, 0.2) is 24.3 Å². The Hall–Kier alpha value is -2.02. The van der Waals surface area contributed by atoms with E-state index in [1.807, 2.05) is 18.2 Å². The standard InChI is InChI=1S/C16H20N2O2/c1-20-15-10-6-5-9-13(15)14(11-17)18-16(19)12-7-3-2-4-8-12/h5-6,9-10,12,14H,2-4,7-8H2,1H3,(H,18,19)/t14-/m0/s1. The lowest BCUT2D eigenvalue weighted by Gasteiger charge is -2.23. The van der Waals surface area contributed by atoms with Crippen molar-refractivity contribution in [2.75, 3.05) is 7.11 Å². The third-order valence-electron chi connectivity index (χ3n) is 3.84. The highest BCUT2D eigenvalue weighted by atomic mass is 16.5. The summed E-state index contributed by atoms with van der Waals surface area (Å²) < 4.78 is 5.25. The fraction of sp³-hybridized carbons (Fsp3) is 0.500. The summed E-state index contributed by atoms with van der Waals surface area (Å²) in [5.41, 5.74) is 0.710. The largest absolute Gasteiger partial charge is 0.496 e. The van der Waals surface area contributed by atoms with E-state index in [-0.39, 0.29) is 11.8 Å². The average molecular weight is 272 g/mol. The predicted octanol–water partition coefficient (Wildman–Crippen LogP) is 2.96. The molecule has 20 heavy (non-hydrogen) atoms. The summed E-state index contributed by atoms with van der Waals surface area (Å²) in [6, 6.07) is 8.80. The molecule has 0 radical (unpaired) electrons. The van der Waals surface area contributed by atoms with Gasteiger partial charge in [-0.2, -0.15) is 5.26 Å².